The Kier molecular flexibility index (Phi) is 5.50. The highest BCUT2D eigenvalue weighted by atomic mass is 127. The van der Waals surface area contributed by atoms with Gasteiger partial charge in [-0.1, -0.05) is 0 Å². The predicted molar refractivity (Wildman–Crippen MR) is 83.3 cm³/mol. The average Bonchev–Trinajstić information content (AvgIpc) is 2.77. The van der Waals surface area contributed by atoms with Gasteiger partial charge in [-0.15, -0.1) is 0 Å². The first kappa shape index (κ1) is 17.3. The number of amides is 1. The van der Waals surface area contributed by atoms with Crippen LogP contribution in [0, 0.1) is 3.57 Å². The van der Waals surface area contributed by atoms with E-state index in [1.54, 1.807) is 0 Å². The first-order valence-corrected chi connectivity index (χ1v) is 7.50. The van der Waals surface area contributed by atoms with E-state index >= 15 is 0 Å². The van der Waals surface area contributed by atoms with Crippen molar-refractivity contribution in [1.29, 1.82) is 0 Å². The summed E-state index contributed by atoms with van der Waals surface area (Å²) in [4.78, 5) is 27.0. The predicted octanol–water partition coefficient (Wildman–Crippen LogP) is -0.928. The number of aliphatic hydroxyl groups is 2. The maximum atomic E-state index is 12.1. The largest absolute Gasteiger partial charge is 0.394 e. The molecule has 9 nitrogen and oxygen atoms in total. The fraction of sp³-hybridized carbons (Fsp3) is 0.583. The Bertz CT molecular complexity index is 621. The lowest BCUT2D eigenvalue weighted by atomic mass is 10.1. The van der Waals surface area contributed by atoms with E-state index in [9.17, 15) is 19.8 Å². The molecule has 1 saturated heterocycles. The van der Waals surface area contributed by atoms with E-state index in [0.717, 1.165) is 0 Å². The molecule has 0 radical (unpaired) electrons. The van der Waals surface area contributed by atoms with Gasteiger partial charge in [0.2, 0.25) is 5.91 Å². The molecule has 0 aliphatic carbocycles. The van der Waals surface area contributed by atoms with Gasteiger partial charge in [-0.05, 0) is 22.6 Å². The molecule has 0 bridgehead atoms. The van der Waals surface area contributed by atoms with Gasteiger partial charge in [-0.25, -0.2) is 4.79 Å². The van der Waals surface area contributed by atoms with Crippen LogP contribution in [0.5, 0.6) is 0 Å². The van der Waals surface area contributed by atoms with E-state index in [-0.39, 0.29) is 11.7 Å². The zero-order valence-electron chi connectivity index (χ0n) is 11.9. The third-order valence-electron chi connectivity index (χ3n) is 3.24. The number of ether oxygens (including phenoxy) is 2. The number of halogens is 1. The van der Waals surface area contributed by atoms with Crippen LogP contribution >= 0.6 is 22.6 Å². The number of aromatic nitrogens is 2. The SMILES string of the molecule is CO[C@@H]1[C@H](O)[C@@H](CO)O[C@H]1n1cc(I)c(NC(C)=O)nc1=O. The Hall–Kier alpha value is -1.08. The Balaban J connectivity index is 2.38. The highest BCUT2D eigenvalue weighted by Crippen LogP contribution is 2.30. The molecule has 0 spiro atoms. The number of anilines is 1. The summed E-state index contributed by atoms with van der Waals surface area (Å²) >= 11 is 1.92. The molecule has 1 amide bonds. The second-order valence-electron chi connectivity index (χ2n) is 4.75. The van der Waals surface area contributed by atoms with Crippen molar-refractivity contribution in [2.45, 2.75) is 31.5 Å². The summed E-state index contributed by atoms with van der Waals surface area (Å²) in [6, 6.07) is 0. The minimum Gasteiger partial charge on any atom is -0.394 e. The number of hydrogen-bond donors (Lipinski definition) is 3. The van der Waals surface area contributed by atoms with Crippen molar-refractivity contribution in [3.05, 3.63) is 20.3 Å². The molecule has 3 N–H and O–H groups in total. The van der Waals surface area contributed by atoms with Gasteiger partial charge in [0.1, 0.15) is 18.3 Å². The third kappa shape index (κ3) is 3.30. The number of nitrogens with one attached hydrogen (secondary N) is 1. The van der Waals surface area contributed by atoms with Gasteiger partial charge in [-0.3, -0.25) is 9.36 Å². The molecule has 122 valence electrons. The number of hydrogen-bond acceptors (Lipinski definition) is 7. The highest BCUT2D eigenvalue weighted by molar-refractivity contribution is 14.1. The fourth-order valence-corrected chi connectivity index (χ4v) is 2.79. The van der Waals surface area contributed by atoms with Gasteiger partial charge < -0.3 is 25.0 Å². The maximum Gasteiger partial charge on any atom is 0.351 e. The van der Waals surface area contributed by atoms with Gasteiger partial charge in [-0.2, -0.15) is 4.98 Å². The second kappa shape index (κ2) is 7.00. The number of nitrogens with zero attached hydrogens (tertiary/aromatic N) is 2. The molecule has 10 heteroatoms. The molecule has 22 heavy (non-hydrogen) atoms. The molecule has 0 unspecified atom stereocenters. The summed E-state index contributed by atoms with van der Waals surface area (Å²) in [5.41, 5.74) is -0.665. The van der Waals surface area contributed by atoms with E-state index in [2.05, 4.69) is 10.3 Å². The van der Waals surface area contributed by atoms with Crippen LogP contribution in [0.3, 0.4) is 0 Å². The summed E-state index contributed by atoms with van der Waals surface area (Å²) in [6.07, 6.45) is -2.21. The summed E-state index contributed by atoms with van der Waals surface area (Å²) < 4.78 is 12.3. The lowest BCUT2D eigenvalue weighted by Gasteiger charge is -2.21. The number of aliphatic hydroxyl groups excluding tert-OH is 2. The molecule has 2 rings (SSSR count). The Morgan fingerprint density at radius 3 is 2.86 bits per heavy atom. The minimum absolute atomic E-state index is 0.153. The first-order valence-electron chi connectivity index (χ1n) is 6.42. The van der Waals surface area contributed by atoms with Crippen LogP contribution in [0.15, 0.2) is 11.0 Å². The van der Waals surface area contributed by atoms with E-state index in [0.29, 0.717) is 3.57 Å². The van der Waals surface area contributed by atoms with Crippen LogP contribution in [0.1, 0.15) is 13.2 Å². The van der Waals surface area contributed by atoms with Gasteiger partial charge in [0, 0.05) is 20.2 Å². The van der Waals surface area contributed by atoms with Gasteiger partial charge in [0.25, 0.3) is 0 Å². The quantitative estimate of drug-likeness (QED) is 0.533. The van der Waals surface area contributed by atoms with Crippen molar-refractivity contribution in [3.63, 3.8) is 0 Å². The van der Waals surface area contributed by atoms with Crippen LogP contribution < -0.4 is 11.0 Å². The number of rotatable bonds is 4. The summed E-state index contributed by atoms with van der Waals surface area (Å²) in [5, 5.41) is 21.7. The minimum atomic E-state index is -1.07. The summed E-state index contributed by atoms with van der Waals surface area (Å²) in [6.45, 7) is 0.910. The lowest BCUT2D eigenvalue weighted by molar-refractivity contribution is -0.114. The molecule has 0 saturated carbocycles. The number of carbonyl (C=O) groups is 1. The normalized spacial score (nSPS) is 27.9. The van der Waals surface area contributed by atoms with Crippen molar-refractivity contribution in [1.82, 2.24) is 9.55 Å². The number of methoxy groups -OCH3 is 1. The van der Waals surface area contributed by atoms with E-state index in [1.807, 2.05) is 22.6 Å². The van der Waals surface area contributed by atoms with E-state index in [1.165, 1.54) is 24.8 Å². The van der Waals surface area contributed by atoms with Crippen LogP contribution in [0.4, 0.5) is 5.82 Å². The van der Waals surface area contributed by atoms with Gasteiger partial charge in [0.15, 0.2) is 12.0 Å². The third-order valence-corrected chi connectivity index (χ3v) is 4.03. The molecule has 0 aromatic carbocycles. The Labute approximate surface area is 139 Å². The molecular weight excluding hydrogens is 409 g/mol. The topological polar surface area (TPSA) is 123 Å². The molecule has 4 atom stereocenters. The van der Waals surface area contributed by atoms with E-state index in [4.69, 9.17) is 9.47 Å². The second-order valence-corrected chi connectivity index (χ2v) is 5.91. The first-order chi connectivity index (χ1) is 10.4. The van der Waals surface area contributed by atoms with Crippen molar-refractivity contribution in [3.8, 4) is 0 Å². The Morgan fingerprint density at radius 1 is 1.64 bits per heavy atom. The molecule has 1 fully saturated rings. The average molecular weight is 425 g/mol. The zero-order chi connectivity index (χ0) is 16.4. The summed E-state index contributed by atoms with van der Waals surface area (Å²) in [5.74, 6) is -0.189. The van der Waals surface area contributed by atoms with E-state index < -0.39 is 36.8 Å². The monoisotopic (exact) mass is 425 g/mol. The van der Waals surface area contributed by atoms with Crippen molar-refractivity contribution in [2.75, 3.05) is 19.0 Å². The van der Waals surface area contributed by atoms with Crippen molar-refractivity contribution in [2.24, 2.45) is 0 Å². The highest BCUT2D eigenvalue weighted by Gasteiger charge is 2.45. The van der Waals surface area contributed by atoms with Crippen molar-refractivity contribution >= 4 is 34.3 Å². The summed E-state index contributed by atoms with van der Waals surface area (Å²) in [7, 11) is 1.37. The molecular formula is C12H16IN3O6. The fourth-order valence-electron chi connectivity index (χ4n) is 2.23. The maximum absolute atomic E-state index is 12.1. The zero-order valence-corrected chi connectivity index (χ0v) is 14.1. The molecule has 1 aromatic heterocycles. The van der Waals surface area contributed by atoms with Gasteiger partial charge in [0.05, 0.1) is 10.2 Å². The van der Waals surface area contributed by atoms with Crippen LogP contribution in [-0.4, -0.2) is 57.7 Å². The molecule has 1 aliphatic rings. The lowest BCUT2D eigenvalue weighted by Crippen LogP contribution is -2.37. The van der Waals surface area contributed by atoms with Crippen LogP contribution in [0.2, 0.25) is 0 Å². The standard InChI is InChI=1S/C12H16IN3O6/c1-5(18)14-10-6(13)3-16(12(20)15-10)11-9(21-2)8(19)7(4-17)22-11/h3,7-9,11,17,19H,4H2,1-2H3,(H,14,15,18,20)/t7-,8-,9-,11-/m1/s1. The van der Waals surface area contributed by atoms with Crippen molar-refractivity contribution < 1.29 is 24.5 Å². The van der Waals surface area contributed by atoms with Crippen LogP contribution in [-0.2, 0) is 14.3 Å². The smallest absolute Gasteiger partial charge is 0.351 e. The van der Waals surface area contributed by atoms with Gasteiger partial charge >= 0.3 is 5.69 Å². The number of carbonyl (C=O) groups excluding carboxylic acids is 1. The molecule has 1 aromatic rings. The molecule has 2 heterocycles. The van der Waals surface area contributed by atoms with Crippen LogP contribution in [0.25, 0.3) is 0 Å². The Morgan fingerprint density at radius 2 is 2.32 bits per heavy atom. The molecule has 1 aliphatic heterocycles.